The molecule has 1 amide bonds. The van der Waals surface area contributed by atoms with Crippen molar-refractivity contribution in [3.8, 4) is 11.3 Å². The minimum atomic E-state index is -0.569. The van der Waals surface area contributed by atoms with Gasteiger partial charge in [0.25, 0.3) is 0 Å². The van der Waals surface area contributed by atoms with Crippen molar-refractivity contribution in [3.05, 3.63) is 36.5 Å². The lowest BCUT2D eigenvalue weighted by Gasteiger charge is -2.27. The second-order valence-electron chi connectivity index (χ2n) is 7.79. The van der Waals surface area contributed by atoms with Crippen molar-refractivity contribution in [2.45, 2.75) is 44.9 Å². The number of likely N-dealkylation sites (tertiary alicyclic amines) is 1. The zero-order valence-electron chi connectivity index (χ0n) is 16.8. The Morgan fingerprint density at radius 2 is 2.14 bits per heavy atom. The van der Waals surface area contributed by atoms with Gasteiger partial charge in [0.15, 0.2) is 0 Å². The van der Waals surface area contributed by atoms with E-state index >= 15 is 0 Å². The van der Waals surface area contributed by atoms with Crippen LogP contribution in [-0.4, -0.2) is 64.5 Å². The standard InChI is InChI=1S/C20H28N4O4/c1-20(2,3)28-19(25)24-13-15(27-9-8-26-4)10-17(24)18-22-12-16(23-18)14-6-5-7-21-11-14/h5-7,11-12,15,17H,8-10,13H2,1-4H3,(H,22,23). The summed E-state index contributed by atoms with van der Waals surface area (Å²) in [5, 5.41) is 0. The van der Waals surface area contributed by atoms with Crippen molar-refractivity contribution in [1.82, 2.24) is 19.9 Å². The molecule has 0 aromatic carbocycles. The molecule has 3 rings (SSSR count). The van der Waals surface area contributed by atoms with Crippen LogP contribution >= 0.6 is 0 Å². The number of hydrogen-bond donors (Lipinski definition) is 1. The van der Waals surface area contributed by atoms with E-state index in [2.05, 4.69) is 15.0 Å². The first-order chi connectivity index (χ1) is 13.4. The zero-order valence-corrected chi connectivity index (χ0v) is 16.8. The number of nitrogens with one attached hydrogen (secondary N) is 1. The van der Waals surface area contributed by atoms with Crippen LogP contribution in [0, 0.1) is 0 Å². The van der Waals surface area contributed by atoms with Crippen LogP contribution in [0.5, 0.6) is 0 Å². The Balaban J connectivity index is 1.79. The van der Waals surface area contributed by atoms with E-state index in [-0.39, 0.29) is 18.2 Å². The highest BCUT2D eigenvalue weighted by Gasteiger charge is 2.40. The van der Waals surface area contributed by atoms with Gasteiger partial charge in [0, 0.05) is 31.5 Å². The van der Waals surface area contributed by atoms with Crippen LogP contribution in [-0.2, 0) is 14.2 Å². The van der Waals surface area contributed by atoms with Crippen LogP contribution in [0.25, 0.3) is 11.3 Å². The number of amides is 1. The minimum Gasteiger partial charge on any atom is -0.444 e. The van der Waals surface area contributed by atoms with Crippen LogP contribution in [0.4, 0.5) is 4.79 Å². The maximum absolute atomic E-state index is 12.8. The number of ether oxygens (including phenoxy) is 3. The molecule has 1 aliphatic heterocycles. The molecule has 1 fully saturated rings. The van der Waals surface area contributed by atoms with Gasteiger partial charge in [-0.25, -0.2) is 9.78 Å². The van der Waals surface area contributed by atoms with Gasteiger partial charge in [-0.2, -0.15) is 0 Å². The lowest BCUT2D eigenvalue weighted by atomic mass is 10.2. The number of aromatic nitrogens is 3. The monoisotopic (exact) mass is 388 g/mol. The third-order valence-corrected chi connectivity index (χ3v) is 4.42. The number of rotatable bonds is 6. The fourth-order valence-corrected chi connectivity index (χ4v) is 3.17. The van der Waals surface area contributed by atoms with Gasteiger partial charge in [-0.3, -0.25) is 9.88 Å². The molecule has 152 valence electrons. The van der Waals surface area contributed by atoms with Crippen LogP contribution in [0.2, 0.25) is 0 Å². The highest BCUT2D eigenvalue weighted by molar-refractivity contribution is 5.69. The van der Waals surface area contributed by atoms with Gasteiger partial charge < -0.3 is 19.2 Å². The van der Waals surface area contributed by atoms with Crippen LogP contribution in [0.3, 0.4) is 0 Å². The number of pyridine rings is 1. The van der Waals surface area contributed by atoms with E-state index in [4.69, 9.17) is 14.2 Å². The number of hydrogen-bond acceptors (Lipinski definition) is 6. The van der Waals surface area contributed by atoms with E-state index < -0.39 is 5.60 Å². The highest BCUT2D eigenvalue weighted by atomic mass is 16.6. The molecule has 8 heteroatoms. The van der Waals surface area contributed by atoms with Crippen molar-refractivity contribution in [2.75, 3.05) is 26.9 Å². The maximum Gasteiger partial charge on any atom is 0.411 e. The molecule has 1 N–H and O–H groups in total. The molecule has 2 aromatic heterocycles. The maximum atomic E-state index is 12.8. The van der Waals surface area contributed by atoms with E-state index in [1.165, 1.54) is 0 Å². The molecule has 1 saturated heterocycles. The fourth-order valence-electron chi connectivity index (χ4n) is 3.17. The summed E-state index contributed by atoms with van der Waals surface area (Å²) in [7, 11) is 1.64. The number of imidazole rings is 1. The molecule has 1 aliphatic rings. The molecule has 0 spiro atoms. The minimum absolute atomic E-state index is 0.0976. The smallest absolute Gasteiger partial charge is 0.411 e. The molecule has 0 aliphatic carbocycles. The molecule has 0 bridgehead atoms. The topological polar surface area (TPSA) is 89.6 Å². The summed E-state index contributed by atoms with van der Waals surface area (Å²) in [4.78, 5) is 26.4. The van der Waals surface area contributed by atoms with Gasteiger partial charge >= 0.3 is 6.09 Å². The third kappa shape index (κ3) is 5.08. The van der Waals surface area contributed by atoms with Crippen LogP contribution in [0.15, 0.2) is 30.7 Å². The largest absolute Gasteiger partial charge is 0.444 e. The quantitative estimate of drug-likeness (QED) is 0.765. The Hall–Kier alpha value is -2.45. The fraction of sp³-hybridized carbons (Fsp3) is 0.550. The van der Waals surface area contributed by atoms with Crippen LogP contribution < -0.4 is 0 Å². The lowest BCUT2D eigenvalue weighted by molar-refractivity contribution is 0.00894. The third-order valence-electron chi connectivity index (χ3n) is 4.42. The summed E-state index contributed by atoms with van der Waals surface area (Å²) in [5.74, 6) is 0.711. The van der Waals surface area contributed by atoms with Gasteiger partial charge in [-0.05, 0) is 32.9 Å². The average Bonchev–Trinajstić information content (AvgIpc) is 3.28. The van der Waals surface area contributed by atoms with Gasteiger partial charge in [0.2, 0.25) is 0 Å². The predicted molar refractivity (Wildman–Crippen MR) is 104 cm³/mol. The Labute approximate surface area is 165 Å². The average molecular weight is 388 g/mol. The Morgan fingerprint density at radius 3 is 2.82 bits per heavy atom. The second kappa shape index (κ2) is 8.70. The number of methoxy groups -OCH3 is 1. The Morgan fingerprint density at radius 1 is 1.32 bits per heavy atom. The molecule has 0 radical (unpaired) electrons. The van der Waals surface area contributed by atoms with Crippen molar-refractivity contribution >= 4 is 6.09 Å². The van der Waals surface area contributed by atoms with Crippen molar-refractivity contribution in [2.24, 2.45) is 0 Å². The first-order valence-electron chi connectivity index (χ1n) is 9.43. The summed E-state index contributed by atoms with van der Waals surface area (Å²) < 4.78 is 16.5. The molecular formula is C20H28N4O4. The van der Waals surface area contributed by atoms with Crippen molar-refractivity contribution in [3.63, 3.8) is 0 Å². The SMILES string of the molecule is COCCOC1CC(c2ncc(-c3cccnc3)[nH]2)N(C(=O)OC(C)(C)C)C1. The van der Waals surface area contributed by atoms with E-state index in [0.717, 1.165) is 11.3 Å². The molecular weight excluding hydrogens is 360 g/mol. The molecule has 0 saturated carbocycles. The first-order valence-corrected chi connectivity index (χ1v) is 9.43. The van der Waals surface area contributed by atoms with E-state index in [1.807, 2.05) is 32.9 Å². The number of carbonyl (C=O) groups excluding carboxylic acids is 1. The van der Waals surface area contributed by atoms with Gasteiger partial charge in [-0.15, -0.1) is 0 Å². The highest BCUT2D eigenvalue weighted by Crippen LogP contribution is 2.34. The first kappa shape index (κ1) is 20.3. The number of aromatic amines is 1. The predicted octanol–water partition coefficient (Wildman–Crippen LogP) is 3.19. The van der Waals surface area contributed by atoms with E-state index in [1.54, 1.807) is 30.6 Å². The van der Waals surface area contributed by atoms with Crippen molar-refractivity contribution < 1.29 is 19.0 Å². The number of carbonyl (C=O) groups is 1. The van der Waals surface area contributed by atoms with Gasteiger partial charge in [-0.1, -0.05) is 0 Å². The number of H-pyrrole nitrogens is 1. The Bertz CT molecular complexity index is 772. The number of nitrogens with zero attached hydrogens (tertiary/aromatic N) is 3. The summed E-state index contributed by atoms with van der Waals surface area (Å²) in [6.07, 6.45) is 5.44. The summed E-state index contributed by atoms with van der Waals surface area (Å²) in [5.41, 5.74) is 1.23. The molecule has 3 heterocycles. The lowest BCUT2D eigenvalue weighted by Crippen LogP contribution is -2.37. The normalized spacial score (nSPS) is 19.8. The van der Waals surface area contributed by atoms with Crippen molar-refractivity contribution in [1.29, 1.82) is 0 Å². The molecule has 28 heavy (non-hydrogen) atoms. The van der Waals surface area contributed by atoms with Crippen LogP contribution in [0.1, 0.15) is 39.1 Å². The van der Waals surface area contributed by atoms with Gasteiger partial charge in [0.1, 0.15) is 11.4 Å². The second-order valence-corrected chi connectivity index (χ2v) is 7.79. The van der Waals surface area contributed by atoms with E-state index in [9.17, 15) is 4.79 Å². The Kier molecular flexibility index (Phi) is 6.31. The molecule has 2 aromatic rings. The zero-order chi connectivity index (χ0) is 20.1. The van der Waals surface area contributed by atoms with Gasteiger partial charge in [0.05, 0.1) is 43.8 Å². The van der Waals surface area contributed by atoms with E-state index in [0.29, 0.717) is 32.0 Å². The summed E-state index contributed by atoms with van der Waals surface area (Å²) in [6, 6.07) is 3.59. The molecule has 2 atom stereocenters. The summed E-state index contributed by atoms with van der Waals surface area (Å²) >= 11 is 0. The summed E-state index contributed by atoms with van der Waals surface area (Å²) in [6.45, 7) is 7.02. The molecule has 8 nitrogen and oxygen atoms in total. The molecule has 2 unspecified atom stereocenters.